The molecule has 2 aromatic rings. The van der Waals surface area contributed by atoms with Gasteiger partial charge in [-0.05, 0) is 40.2 Å². The summed E-state index contributed by atoms with van der Waals surface area (Å²) in [5.41, 5.74) is 0.802. The van der Waals surface area contributed by atoms with E-state index in [0.717, 1.165) is 14.2 Å². The lowest BCUT2D eigenvalue weighted by Crippen LogP contribution is -2.20. The zero-order chi connectivity index (χ0) is 17.5. The second-order valence-corrected chi connectivity index (χ2v) is 7.21. The van der Waals surface area contributed by atoms with Crippen molar-refractivity contribution in [3.8, 4) is 17.2 Å². The van der Waals surface area contributed by atoms with Crippen molar-refractivity contribution in [1.82, 2.24) is 5.32 Å². The molecule has 0 aliphatic heterocycles. The summed E-state index contributed by atoms with van der Waals surface area (Å²) >= 11 is 4.95. The molecule has 24 heavy (non-hydrogen) atoms. The van der Waals surface area contributed by atoms with Crippen LogP contribution in [0.1, 0.15) is 10.4 Å². The first-order chi connectivity index (χ1) is 11.6. The Kier molecular flexibility index (Phi) is 6.69. The van der Waals surface area contributed by atoms with Crippen LogP contribution in [0.25, 0.3) is 6.08 Å². The van der Waals surface area contributed by atoms with Crippen LogP contribution < -0.4 is 19.5 Å². The Labute approximate surface area is 153 Å². The van der Waals surface area contributed by atoms with E-state index in [1.54, 1.807) is 50.9 Å². The van der Waals surface area contributed by atoms with E-state index >= 15 is 0 Å². The third-order valence-corrected chi connectivity index (χ3v) is 4.82. The Morgan fingerprint density at radius 2 is 1.79 bits per heavy atom. The number of amides is 1. The first-order valence-corrected chi connectivity index (χ1v) is 8.68. The topological polar surface area (TPSA) is 56.8 Å². The Hall–Kier alpha value is -1.99. The minimum atomic E-state index is -0.184. The normalized spacial score (nSPS) is 10.7. The second-order valence-electron chi connectivity index (χ2n) is 4.71. The fourth-order valence-corrected chi connectivity index (χ4v) is 3.37. The third-order valence-electron chi connectivity index (χ3n) is 3.23. The molecule has 0 atom stereocenters. The van der Waals surface area contributed by atoms with Crippen LogP contribution in [-0.2, 0) is 11.3 Å². The lowest BCUT2D eigenvalue weighted by atomic mass is 10.1. The molecular formula is C17H18BrNO4S. The summed E-state index contributed by atoms with van der Waals surface area (Å²) in [5.74, 6) is 1.60. The number of carbonyl (C=O) groups is 1. The summed E-state index contributed by atoms with van der Waals surface area (Å²) in [6.45, 7) is 0.320. The average molecular weight is 412 g/mol. The quantitative estimate of drug-likeness (QED) is 0.702. The summed E-state index contributed by atoms with van der Waals surface area (Å²) in [4.78, 5) is 13.0. The molecule has 128 valence electrons. The molecule has 1 aromatic carbocycles. The Morgan fingerprint density at radius 1 is 1.12 bits per heavy atom. The molecule has 0 radical (unpaired) electrons. The van der Waals surface area contributed by atoms with Crippen LogP contribution in [0, 0.1) is 0 Å². The molecule has 0 spiro atoms. The SMILES string of the molecule is COc1cc(OC)c(OC)cc1CNC(=O)/C=C/c1ccc(Br)s1. The van der Waals surface area contributed by atoms with Gasteiger partial charge in [0.1, 0.15) is 5.75 Å². The monoisotopic (exact) mass is 411 g/mol. The molecular weight excluding hydrogens is 394 g/mol. The molecule has 0 bridgehead atoms. The maximum Gasteiger partial charge on any atom is 0.244 e. The predicted molar refractivity (Wildman–Crippen MR) is 99.0 cm³/mol. The highest BCUT2D eigenvalue weighted by Gasteiger charge is 2.12. The van der Waals surface area contributed by atoms with Gasteiger partial charge in [0.25, 0.3) is 0 Å². The zero-order valence-corrected chi connectivity index (χ0v) is 16.0. The van der Waals surface area contributed by atoms with Gasteiger partial charge < -0.3 is 19.5 Å². The van der Waals surface area contributed by atoms with Crippen LogP contribution >= 0.6 is 27.3 Å². The zero-order valence-electron chi connectivity index (χ0n) is 13.6. The summed E-state index contributed by atoms with van der Waals surface area (Å²) < 4.78 is 16.9. The number of methoxy groups -OCH3 is 3. The maximum absolute atomic E-state index is 12.0. The summed E-state index contributed by atoms with van der Waals surface area (Å²) in [5, 5.41) is 2.83. The van der Waals surface area contributed by atoms with Gasteiger partial charge in [0.15, 0.2) is 11.5 Å². The van der Waals surface area contributed by atoms with Gasteiger partial charge in [0.2, 0.25) is 5.91 Å². The molecule has 7 heteroatoms. The predicted octanol–water partition coefficient (Wildman–Crippen LogP) is 3.87. The molecule has 0 saturated carbocycles. The fourth-order valence-electron chi connectivity index (χ4n) is 2.05. The number of ether oxygens (including phenoxy) is 3. The van der Waals surface area contributed by atoms with Crippen LogP contribution in [0.2, 0.25) is 0 Å². The minimum Gasteiger partial charge on any atom is -0.496 e. The number of carbonyl (C=O) groups excluding carboxylic acids is 1. The van der Waals surface area contributed by atoms with Gasteiger partial charge in [-0.2, -0.15) is 0 Å². The van der Waals surface area contributed by atoms with Gasteiger partial charge in [-0.3, -0.25) is 4.79 Å². The van der Waals surface area contributed by atoms with Crippen LogP contribution in [0.5, 0.6) is 17.2 Å². The standard InChI is InChI=1S/C17H18BrNO4S/c1-21-13-9-15(23-3)14(22-2)8-11(13)10-19-17(20)7-5-12-4-6-16(18)24-12/h4-9H,10H2,1-3H3,(H,19,20)/b7-5+. The summed E-state index contributed by atoms with van der Waals surface area (Å²) in [6.07, 6.45) is 3.28. The maximum atomic E-state index is 12.0. The van der Waals surface area contributed by atoms with Gasteiger partial charge in [0.05, 0.1) is 25.1 Å². The number of nitrogens with one attached hydrogen (secondary N) is 1. The third kappa shape index (κ3) is 4.75. The molecule has 1 aromatic heterocycles. The van der Waals surface area contributed by atoms with Crippen molar-refractivity contribution in [1.29, 1.82) is 0 Å². The van der Waals surface area contributed by atoms with E-state index in [2.05, 4.69) is 21.2 Å². The van der Waals surface area contributed by atoms with E-state index in [4.69, 9.17) is 14.2 Å². The van der Waals surface area contributed by atoms with Gasteiger partial charge in [-0.25, -0.2) is 0 Å². The van der Waals surface area contributed by atoms with Gasteiger partial charge >= 0.3 is 0 Å². The molecule has 5 nitrogen and oxygen atoms in total. The lowest BCUT2D eigenvalue weighted by molar-refractivity contribution is -0.116. The molecule has 2 rings (SSSR count). The van der Waals surface area contributed by atoms with Crippen molar-refractivity contribution >= 4 is 39.2 Å². The summed E-state index contributed by atoms with van der Waals surface area (Å²) in [7, 11) is 4.70. The van der Waals surface area contributed by atoms with Gasteiger partial charge in [-0.15, -0.1) is 11.3 Å². The molecule has 1 N–H and O–H groups in total. The van der Waals surface area contributed by atoms with E-state index in [9.17, 15) is 4.79 Å². The highest BCUT2D eigenvalue weighted by atomic mass is 79.9. The first-order valence-electron chi connectivity index (χ1n) is 7.07. The largest absolute Gasteiger partial charge is 0.496 e. The second kappa shape index (κ2) is 8.75. The number of benzene rings is 1. The van der Waals surface area contributed by atoms with E-state index in [0.29, 0.717) is 23.8 Å². The molecule has 0 saturated heterocycles. The van der Waals surface area contributed by atoms with E-state index < -0.39 is 0 Å². The number of hydrogen-bond donors (Lipinski definition) is 1. The lowest BCUT2D eigenvalue weighted by Gasteiger charge is -2.14. The fraction of sp³-hybridized carbons (Fsp3) is 0.235. The van der Waals surface area contributed by atoms with Crippen molar-refractivity contribution in [2.24, 2.45) is 0 Å². The highest BCUT2D eigenvalue weighted by molar-refractivity contribution is 9.11. The average Bonchev–Trinajstić information content (AvgIpc) is 3.02. The number of thiophene rings is 1. The van der Waals surface area contributed by atoms with Crippen LogP contribution in [0.4, 0.5) is 0 Å². The molecule has 1 heterocycles. The number of halogens is 1. The van der Waals surface area contributed by atoms with Crippen LogP contribution in [0.15, 0.2) is 34.1 Å². The molecule has 0 aliphatic carbocycles. The smallest absolute Gasteiger partial charge is 0.244 e. The van der Waals surface area contributed by atoms with E-state index in [1.165, 1.54) is 6.08 Å². The van der Waals surface area contributed by atoms with Crippen LogP contribution in [-0.4, -0.2) is 27.2 Å². The van der Waals surface area contributed by atoms with Gasteiger partial charge in [-0.1, -0.05) is 0 Å². The molecule has 0 fully saturated rings. The first kappa shape index (κ1) is 18.4. The molecule has 1 amide bonds. The van der Waals surface area contributed by atoms with Crippen LogP contribution in [0.3, 0.4) is 0 Å². The molecule has 0 aliphatic rings. The Morgan fingerprint density at radius 3 is 2.38 bits per heavy atom. The van der Waals surface area contributed by atoms with Gasteiger partial charge in [0, 0.05) is 29.1 Å². The van der Waals surface area contributed by atoms with Crippen molar-refractivity contribution in [2.45, 2.75) is 6.54 Å². The van der Waals surface area contributed by atoms with Crippen molar-refractivity contribution in [2.75, 3.05) is 21.3 Å². The minimum absolute atomic E-state index is 0.184. The Bertz CT molecular complexity index is 742. The van der Waals surface area contributed by atoms with Crippen molar-refractivity contribution < 1.29 is 19.0 Å². The number of rotatable bonds is 7. The number of hydrogen-bond acceptors (Lipinski definition) is 5. The highest BCUT2D eigenvalue weighted by Crippen LogP contribution is 2.34. The summed E-state index contributed by atoms with van der Waals surface area (Å²) in [6, 6.07) is 7.41. The van der Waals surface area contributed by atoms with Crippen molar-refractivity contribution in [3.05, 3.63) is 44.6 Å². The van der Waals surface area contributed by atoms with Crippen molar-refractivity contribution in [3.63, 3.8) is 0 Å². The molecule has 0 unspecified atom stereocenters. The van der Waals surface area contributed by atoms with E-state index in [1.807, 2.05) is 12.1 Å². The Balaban J connectivity index is 2.05. The van der Waals surface area contributed by atoms with E-state index in [-0.39, 0.29) is 5.91 Å².